The molecule has 2 aliphatic rings. The number of hydrogen-bond acceptors (Lipinski definition) is 6. The fourth-order valence-corrected chi connectivity index (χ4v) is 6.51. The van der Waals surface area contributed by atoms with E-state index in [2.05, 4.69) is 37.6 Å². The number of aliphatic hydroxyl groups is 1. The minimum atomic E-state index is -0.895. The van der Waals surface area contributed by atoms with Crippen LogP contribution in [0.1, 0.15) is 68.4 Å². The Bertz CT molecular complexity index is 1270. The molecule has 238 valence electrons. The quantitative estimate of drug-likeness (QED) is 0.223. The average Bonchev–Trinajstić information content (AvgIpc) is 3.55. The molecule has 1 aliphatic carbocycles. The van der Waals surface area contributed by atoms with Gasteiger partial charge in [0.1, 0.15) is 11.8 Å². The Morgan fingerprint density at radius 2 is 1.91 bits per heavy atom. The first kappa shape index (κ1) is 33.4. The first-order chi connectivity index (χ1) is 21.2. The van der Waals surface area contributed by atoms with Crippen molar-refractivity contribution in [1.29, 1.82) is 0 Å². The van der Waals surface area contributed by atoms with Gasteiger partial charge in [-0.2, -0.15) is 0 Å². The van der Waals surface area contributed by atoms with Gasteiger partial charge in [-0.1, -0.05) is 62.4 Å². The molecule has 0 radical (unpaired) electrons. The number of methoxy groups -OCH3 is 1. The van der Waals surface area contributed by atoms with Crippen LogP contribution in [0.3, 0.4) is 0 Å². The lowest BCUT2D eigenvalue weighted by molar-refractivity contribution is -0.140. The van der Waals surface area contributed by atoms with E-state index >= 15 is 0 Å². The lowest BCUT2D eigenvalue weighted by Crippen LogP contribution is -2.55. The molecular formula is C36H49N3O5. The number of amides is 2. The van der Waals surface area contributed by atoms with Gasteiger partial charge in [-0.15, -0.1) is 13.2 Å². The summed E-state index contributed by atoms with van der Waals surface area (Å²) in [6.45, 7) is 13.1. The van der Waals surface area contributed by atoms with E-state index in [9.17, 15) is 14.7 Å². The summed E-state index contributed by atoms with van der Waals surface area (Å²) in [7, 11) is 1.64. The largest absolute Gasteiger partial charge is 0.497 e. The van der Waals surface area contributed by atoms with Crippen molar-refractivity contribution < 1.29 is 24.2 Å². The van der Waals surface area contributed by atoms with Crippen LogP contribution in [0.5, 0.6) is 5.75 Å². The van der Waals surface area contributed by atoms with Gasteiger partial charge >= 0.3 is 0 Å². The number of carbonyl (C=O) groups is 2. The molecule has 8 heteroatoms. The number of benzene rings is 2. The molecule has 1 aliphatic heterocycles. The fourth-order valence-electron chi connectivity index (χ4n) is 6.51. The molecule has 1 heterocycles. The Labute approximate surface area is 262 Å². The number of nitrogens with one attached hydrogen (secondary N) is 2. The molecule has 2 aromatic rings. The fraction of sp³-hybridized carbons (Fsp3) is 0.500. The molecule has 2 unspecified atom stereocenters. The van der Waals surface area contributed by atoms with Crippen LogP contribution in [0.25, 0.3) is 0 Å². The number of aliphatic hydroxyl groups excluding tert-OH is 1. The molecule has 6 atom stereocenters. The second kappa shape index (κ2) is 16.0. The Morgan fingerprint density at radius 3 is 2.59 bits per heavy atom. The number of nitrogens with zero attached hydrogens (tertiary/aromatic N) is 1. The van der Waals surface area contributed by atoms with Gasteiger partial charge < -0.3 is 30.1 Å². The lowest BCUT2D eigenvalue weighted by Gasteiger charge is -2.31. The van der Waals surface area contributed by atoms with Gasteiger partial charge in [0.25, 0.3) is 0 Å². The smallest absolute Gasteiger partial charge is 0.243 e. The predicted octanol–water partition coefficient (Wildman–Crippen LogP) is 4.90. The second-order valence-corrected chi connectivity index (χ2v) is 12.4. The van der Waals surface area contributed by atoms with Crippen LogP contribution in [-0.2, 0) is 20.7 Å². The topological polar surface area (TPSA) is 100 Å². The van der Waals surface area contributed by atoms with Gasteiger partial charge in [-0.3, -0.25) is 9.59 Å². The molecule has 0 saturated carbocycles. The van der Waals surface area contributed by atoms with Crippen molar-refractivity contribution in [3.05, 3.63) is 90.5 Å². The highest BCUT2D eigenvalue weighted by molar-refractivity contribution is 5.90. The maximum atomic E-state index is 13.8. The predicted molar refractivity (Wildman–Crippen MR) is 173 cm³/mol. The summed E-state index contributed by atoms with van der Waals surface area (Å²) in [6.07, 6.45) is 5.50. The Hall–Kier alpha value is -3.46. The number of hydrogen-bond donors (Lipinski definition) is 3. The highest BCUT2D eigenvalue weighted by Crippen LogP contribution is 2.42. The van der Waals surface area contributed by atoms with Crippen molar-refractivity contribution in [3.63, 3.8) is 0 Å². The molecule has 0 aromatic heterocycles. The zero-order valence-electron chi connectivity index (χ0n) is 26.4. The summed E-state index contributed by atoms with van der Waals surface area (Å²) < 4.78 is 11.5. The molecule has 8 nitrogen and oxygen atoms in total. The molecule has 2 amide bonds. The molecule has 2 aromatic carbocycles. The van der Waals surface area contributed by atoms with E-state index in [0.717, 1.165) is 35.3 Å². The maximum Gasteiger partial charge on any atom is 0.243 e. The molecule has 3 N–H and O–H groups in total. The molecule has 0 spiro atoms. The van der Waals surface area contributed by atoms with Crippen LogP contribution >= 0.6 is 0 Å². The molecule has 44 heavy (non-hydrogen) atoms. The lowest BCUT2D eigenvalue weighted by atomic mass is 9.96. The SMILES string of the molecule is C=CCO[C@@H]1C[C@H](NC[C@@H](O)[C@H](Cc2ccccc2)NC(=O)C(CC=C)N2CCC(CC(C)C)C2=O)c2cc(OC)ccc21. The summed E-state index contributed by atoms with van der Waals surface area (Å²) in [5, 5.41) is 18.2. The van der Waals surface area contributed by atoms with Gasteiger partial charge in [0.15, 0.2) is 0 Å². The average molecular weight is 604 g/mol. The van der Waals surface area contributed by atoms with Crippen molar-refractivity contribution in [1.82, 2.24) is 15.5 Å². The van der Waals surface area contributed by atoms with Crippen LogP contribution in [-0.4, -0.2) is 66.8 Å². The van der Waals surface area contributed by atoms with E-state index in [1.165, 1.54) is 0 Å². The van der Waals surface area contributed by atoms with E-state index in [1.54, 1.807) is 24.2 Å². The van der Waals surface area contributed by atoms with E-state index in [4.69, 9.17) is 9.47 Å². The second-order valence-electron chi connectivity index (χ2n) is 12.4. The standard InChI is InChI=1S/C36H49N3O5/c1-6-11-32(39-17-16-26(36(39)42)19-24(3)4)35(41)38-31(20-25-12-9-8-10-13-25)33(40)23-37-30-22-34(44-18-7-2)28-15-14-27(43-5)21-29(28)30/h6-10,12-15,21,24,26,30-34,37,40H,1-2,11,16-20,22-23H2,3-5H3,(H,38,41)/t26?,30-,31-,32?,33+,34+/m0/s1. The van der Waals surface area contributed by atoms with Crippen LogP contribution in [0.4, 0.5) is 0 Å². The number of ether oxygens (including phenoxy) is 2. The summed E-state index contributed by atoms with van der Waals surface area (Å²) in [5.74, 6) is 0.876. The van der Waals surface area contributed by atoms with Gasteiger partial charge in [-0.25, -0.2) is 0 Å². The Morgan fingerprint density at radius 1 is 1.14 bits per heavy atom. The van der Waals surface area contributed by atoms with E-state index in [0.29, 0.717) is 38.3 Å². The van der Waals surface area contributed by atoms with E-state index in [-0.39, 0.29) is 36.4 Å². The van der Waals surface area contributed by atoms with Crippen LogP contribution in [0.15, 0.2) is 73.8 Å². The summed E-state index contributed by atoms with van der Waals surface area (Å²) in [6, 6.07) is 14.5. The van der Waals surface area contributed by atoms with E-state index < -0.39 is 18.2 Å². The first-order valence-corrected chi connectivity index (χ1v) is 15.8. The third kappa shape index (κ3) is 8.37. The highest BCUT2D eigenvalue weighted by atomic mass is 16.5. The molecule has 0 bridgehead atoms. The molecule has 1 saturated heterocycles. The number of likely N-dealkylation sites (tertiary alicyclic amines) is 1. The first-order valence-electron chi connectivity index (χ1n) is 15.8. The van der Waals surface area contributed by atoms with Crippen LogP contribution < -0.4 is 15.4 Å². The van der Waals surface area contributed by atoms with Gasteiger partial charge in [0.2, 0.25) is 11.8 Å². The Balaban J connectivity index is 1.49. The summed E-state index contributed by atoms with van der Waals surface area (Å²) in [4.78, 5) is 28.8. The summed E-state index contributed by atoms with van der Waals surface area (Å²) >= 11 is 0. The van der Waals surface area contributed by atoms with Gasteiger partial charge in [-0.05, 0) is 66.8 Å². The summed E-state index contributed by atoms with van der Waals surface area (Å²) in [5.41, 5.74) is 3.16. The minimum absolute atomic E-state index is 0.0334. The van der Waals surface area contributed by atoms with E-state index in [1.807, 2.05) is 48.5 Å². The Kier molecular flexibility index (Phi) is 12.2. The van der Waals surface area contributed by atoms with Crippen LogP contribution in [0.2, 0.25) is 0 Å². The molecule has 1 fully saturated rings. The van der Waals surface area contributed by atoms with Crippen molar-refractivity contribution in [3.8, 4) is 5.75 Å². The normalized spacial score (nSPS) is 21.5. The molecular weight excluding hydrogens is 554 g/mol. The van der Waals surface area contributed by atoms with Gasteiger partial charge in [0, 0.05) is 25.0 Å². The number of rotatable bonds is 17. The van der Waals surface area contributed by atoms with Crippen molar-refractivity contribution in [2.75, 3.05) is 26.8 Å². The van der Waals surface area contributed by atoms with Crippen LogP contribution in [0, 0.1) is 11.8 Å². The zero-order chi connectivity index (χ0) is 31.6. The van der Waals surface area contributed by atoms with Crippen molar-refractivity contribution in [2.24, 2.45) is 11.8 Å². The maximum absolute atomic E-state index is 13.8. The van der Waals surface area contributed by atoms with Crippen molar-refractivity contribution in [2.45, 2.75) is 76.3 Å². The minimum Gasteiger partial charge on any atom is -0.497 e. The third-order valence-electron chi connectivity index (χ3n) is 8.72. The molecule has 4 rings (SSSR count). The number of fused-ring (bicyclic) bond motifs is 1. The zero-order valence-corrected chi connectivity index (χ0v) is 26.4. The number of carbonyl (C=O) groups excluding carboxylic acids is 2. The highest BCUT2D eigenvalue weighted by Gasteiger charge is 2.39. The monoisotopic (exact) mass is 603 g/mol. The van der Waals surface area contributed by atoms with Crippen molar-refractivity contribution >= 4 is 11.8 Å². The van der Waals surface area contributed by atoms with Gasteiger partial charge in [0.05, 0.1) is 32.0 Å². The third-order valence-corrected chi connectivity index (χ3v) is 8.72.